The number of rotatable bonds is 20. The zero-order valence-electron chi connectivity index (χ0n) is 57.5. The van der Waals surface area contributed by atoms with Crippen LogP contribution in [0, 0.1) is 51.4 Å². The Labute approximate surface area is 535 Å². The van der Waals surface area contributed by atoms with Gasteiger partial charge in [-0.1, -0.05) is 131 Å². The summed E-state index contributed by atoms with van der Waals surface area (Å²) < 4.78 is 28.5. The van der Waals surface area contributed by atoms with Crippen LogP contribution < -0.4 is 0 Å². The number of esters is 4. The second kappa shape index (κ2) is 33.1. The average Bonchev–Trinajstić information content (AvgIpc) is 1.42. The Morgan fingerprint density at radius 2 is 0.700 bits per heavy atom. The van der Waals surface area contributed by atoms with E-state index in [1.54, 1.807) is 0 Å². The summed E-state index contributed by atoms with van der Waals surface area (Å²) in [4.78, 5) is 124. The Balaban J connectivity index is 1.62. The van der Waals surface area contributed by atoms with Gasteiger partial charge in [0.05, 0.1) is 24.5 Å². The maximum Gasteiger partial charge on any atom is 0.329 e. The van der Waals surface area contributed by atoms with E-state index in [0.29, 0.717) is 24.2 Å². The molecule has 0 bridgehead atoms. The monoisotopic (exact) mass is 1250 g/mol. The molecule has 4 aromatic rings. The SMILES string of the molecule is CCCc1c(C)nn(Cc2cccc(C[C@H]3OC(=O)[C@H](CC(C)C)N(C)C(=O)[C@@H](C)OC(=O)[C@H](CC(C)C)N(C)C(=O)[C@@H](Cc4cccc(Cn5nc(C)c(CCC)c5C)c4)OC(=O)[C@H](CC(C)C)N(C)C(=O)[C@@H](C)OC(=O)[C@H](CC(C)C)N(C)C3=O)c2)c1C. The van der Waals surface area contributed by atoms with Crippen LogP contribution in [0.5, 0.6) is 0 Å². The topological polar surface area (TPSA) is 222 Å². The molecule has 1 aliphatic rings. The maximum absolute atomic E-state index is 15.3. The molecule has 1 fully saturated rings. The van der Waals surface area contributed by atoms with Crippen LogP contribution in [0.2, 0.25) is 0 Å². The first-order valence-electron chi connectivity index (χ1n) is 32.4. The lowest BCUT2D eigenvalue weighted by Crippen LogP contribution is -2.55. The minimum absolute atomic E-state index is 0.0794. The van der Waals surface area contributed by atoms with Crippen molar-refractivity contribution in [2.45, 2.75) is 237 Å². The summed E-state index contributed by atoms with van der Waals surface area (Å²) in [5.41, 5.74) is 9.40. The highest BCUT2D eigenvalue weighted by molar-refractivity contribution is 5.94. The molecule has 0 unspecified atom stereocenters. The van der Waals surface area contributed by atoms with Gasteiger partial charge in [0.15, 0.2) is 24.4 Å². The third-order valence-corrected chi connectivity index (χ3v) is 17.0. The molecular formula is C70H104N8O12. The number of benzene rings is 2. The predicted molar refractivity (Wildman–Crippen MR) is 345 cm³/mol. The molecule has 1 saturated heterocycles. The van der Waals surface area contributed by atoms with Crippen LogP contribution >= 0.6 is 0 Å². The van der Waals surface area contributed by atoms with Crippen molar-refractivity contribution in [2.75, 3.05) is 28.2 Å². The molecule has 0 N–H and O–H groups in total. The van der Waals surface area contributed by atoms with Crippen LogP contribution in [-0.4, -0.2) is 163 Å². The number of cyclic esters (lactones) is 4. The first-order valence-corrected chi connectivity index (χ1v) is 32.4. The number of aryl methyl sites for hydroxylation is 2. The van der Waals surface area contributed by atoms with Crippen LogP contribution in [0.3, 0.4) is 0 Å². The highest BCUT2D eigenvalue weighted by Gasteiger charge is 2.43. The highest BCUT2D eigenvalue weighted by Crippen LogP contribution is 2.26. The molecule has 3 heterocycles. The zero-order chi connectivity index (χ0) is 67.2. The summed E-state index contributed by atoms with van der Waals surface area (Å²) in [6.07, 6.45) is -2.34. The third-order valence-electron chi connectivity index (χ3n) is 17.0. The van der Waals surface area contributed by atoms with Crippen molar-refractivity contribution >= 4 is 47.5 Å². The molecule has 20 nitrogen and oxygen atoms in total. The Kier molecular flexibility index (Phi) is 27.0. The van der Waals surface area contributed by atoms with E-state index >= 15 is 9.59 Å². The van der Waals surface area contributed by atoms with Gasteiger partial charge in [0, 0.05) is 52.4 Å². The van der Waals surface area contributed by atoms with E-state index in [4.69, 9.17) is 29.1 Å². The molecule has 2 aromatic heterocycles. The van der Waals surface area contributed by atoms with Gasteiger partial charge in [-0.05, 0) is 137 Å². The normalized spacial score (nSPS) is 22.0. The molecule has 4 amide bonds. The van der Waals surface area contributed by atoms with Crippen molar-refractivity contribution in [3.8, 4) is 0 Å². The Hall–Kier alpha value is -7.38. The summed E-state index contributed by atoms with van der Waals surface area (Å²) in [5, 5.41) is 9.65. The lowest BCUT2D eigenvalue weighted by Gasteiger charge is -2.35. The number of ether oxygens (including phenoxy) is 4. The highest BCUT2D eigenvalue weighted by atomic mass is 16.6. The van der Waals surface area contributed by atoms with E-state index in [1.807, 2.05) is 141 Å². The first-order chi connectivity index (χ1) is 42.3. The van der Waals surface area contributed by atoms with Gasteiger partial charge in [0.2, 0.25) is 0 Å². The third kappa shape index (κ3) is 19.3. The van der Waals surface area contributed by atoms with Crippen molar-refractivity contribution in [3.05, 3.63) is 105 Å². The number of nitrogens with zero attached hydrogens (tertiary/aromatic N) is 8. The molecule has 5 rings (SSSR count). The van der Waals surface area contributed by atoms with E-state index in [1.165, 1.54) is 63.0 Å². The van der Waals surface area contributed by atoms with Crippen LogP contribution in [0.15, 0.2) is 48.5 Å². The van der Waals surface area contributed by atoms with Crippen LogP contribution in [0.1, 0.15) is 178 Å². The van der Waals surface area contributed by atoms with Crippen molar-refractivity contribution < 1.29 is 57.3 Å². The Morgan fingerprint density at radius 1 is 0.422 bits per heavy atom. The molecule has 90 heavy (non-hydrogen) atoms. The minimum Gasteiger partial charge on any atom is -0.451 e. The van der Waals surface area contributed by atoms with Crippen LogP contribution in [0.4, 0.5) is 0 Å². The largest absolute Gasteiger partial charge is 0.451 e. The summed E-state index contributed by atoms with van der Waals surface area (Å²) in [5.74, 6) is -7.43. The van der Waals surface area contributed by atoms with Crippen molar-refractivity contribution in [2.24, 2.45) is 23.7 Å². The first kappa shape index (κ1) is 73.4. The average molecular weight is 1250 g/mol. The fraction of sp³-hybridized carbons (Fsp3) is 0.629. The number of hydrogen-bond acceptors (Lipinski definition) is 14. The van der Waals surface area contributed by atoms with E-state index in [9.17, 15) is 28.8 Å². The molecule has 0 aliphatic carbocycles. The van der Waals surface area contributed by atoms with E-state index in [-0.39, 0.29) is 62.2 Å². The van der Waals surface area contributed by atoms with Crippen molar-refractivity contribution in [3.63, 3.8) is 0 Å². The quantitative estimate of drug-likeness (QED) is 0.0594. The van der Waals surface area contributed by atoms with E-state index < -0.39 is 96.1 Å². The summed E-state index contributed by atoms with van der Waals surface area (Å²) in [7, 11) is 5.64. The van der Waals surface area contributed by atoms with Crippen LogP contribution in [0.25, 0.3) is 0 Å². The second-order valence-corrected chi connectivity index (χ2v) is 26.5. The van der Waals surface area contributed by atoms with Gasteiger partial charge >= 0.3 is 23.9 Å². The van der Waals surface area contributed by atoms with Crippen molar-refractivity contribution in [1.29, 1.82) is 0 Å². The lowest BCUT2D eigenvalue weighted by molar-refractivity contribution is -0.176. The molecule has 20 heteroatoms. The Morgan fingerprint density at radius 3 is 0.989 bits per heavy atom. The van der Waals surface area contributed by atoms with Gasteiger partial charge < -0.3 is 38.5 Å². The summed E-state index contributed by atoms with van der Waals surface area (Å²) >= 11 is 0. The van der Waals surface area contributed by atoms with E-state index in [0.717, 1.165) is 69.4 Å². The van der Waals surface area contributed by atoms with Gasteiger partial charge in [-0.25, -0.2) is 19.2 Å². The lowest BCUT2D eigenvalue weighted by atomic mass is 9.99. The number of likely N-dealkylation sites (N-methyl/N-ethyl adjacent to an activating group) is 4. The predicted octanol–water partition coefficient (Wildman–Crippen LogP) is 9.29. The molecule has 0 saturated carbocycles. The summed E-state index contributed by atoms with van der Waals surface area (Å²) in [6, 6.07) is 9.86. The smallest absolute Gasteiger partial charge is 0.329 e. The number of amides is 4. The standard InChI is InChI=1S/C70H104N8O12/c1-21-25-55-45(11)71-77(47(55)13)39-53-29-23-27-51(35-53)37-61-65(81)75(19)57(31-41(3)4)67(83)87-50(16)64(80)74(18)60(34-44(9)10)70(86)90-62(38-52-28-24-30-54(36-52)40-78-48(14)56(26-22-2)46(12)72-78)66(82)76(20)58(32-42(5)6)68(84)88-49(15)63(79)73(17)59(33-43(7)8)69(85)89-61/h23-24,27-30,35-36,41-44,49-50,57-62H,21-22,25-26,31-34,37-40H2,1-20H3/t49-,50-,57+,58+,59+,60+,61-,62-/m1/s1. The molecule has 8 atom stereocenters. The van der Waals surface area contributed by atoms with Gasteiger partial charge in [0.1, 0.15) is 24.2 Å². The molecule has 0 spiro atoms. The van der Waals surface area contributed by atoms with Crippen LogP contribution in [-0.2, 0) is 96.1 Å². The molecule has 496 valence electrons. The van der Waals surface area contributed by atoms with Gasteiger partial charge in [-0.15, -0.1) is 0 Å². The molecule has 2 aromatic carbocycles. The number of aromatic nitrogens is 4. The van der Waals surface area contributed by atoms with Gasteiger partial charge in [-0.3, -0.25) is 28.5 Å². The minimum atomic E-state index is -1.55. The number of carbonyl (C=O) groups excluding carboxylic acids is 8. The number of hydrogen-bond donors (Lipinski definition) is 0. The number of carbonyl (C=O) groups is 8. The zero-order valence-corrected chi connectivity index (χ0v) is 57.5. The van der Waals surface area contributed by atoms with E-state index in [2.05, 4.69) is 13.8 Å². The molecular weight excluding hydrogens is 1140 g/mol. The molecule has 1 aliphatic heterocycles. The van der Waals surface area contributed by atoms with Gasteiger partial charge in [-0.2, -0.15) is 10.2 Å². The summed E-state index contributed by atoms with van der Waals surface area (Å²) in [6.45, 7) is 30.9. The Bertz CT molecular complexity index is 2920. The maximum atomic E-state index is 15.3. The van der Waals surface area contributed by atoms with Crippen molar-refractivity contribution in [1.82, 2.24) is 39.2 Å². The fourth-order valence-electron chi connectivity index (χ4n) is 12.0. The second-order valence-electron chi connectivity index (χ2n) is 26.5. The fourth-order valence-corrected chi connectivity index (χ4v) is 12.0. The van der Waals surface area contributed by atoms with Gasteiger partial charge in [0.25, 0.3) is 23.6 Å². The molecule has 0 radical (unpaired) electrons.